The van der Waals surface area contributed by atoms with Gasteiger partial charge in [0, 0.05) is 11.3 Å². The highest BCUT2D eigenvalue weighted by molar-refractivity contribution is 8.00. The highest BCUT2D eigenvalue weighted by Crippen LogP contribution is 2.34. The second kappa shape index (κ2) is 5.54. The molecule has 100 valence electrons. The van der Waals surface area contributed by atoms with Gasteiger partial charge in [0.05, 0.1) is 0 Å². The van der Waals surface area contributed by atoms with Crippen LogP contribution in [0.25, 0.3) is 0 Å². The van der Waals surface area contributed by atoms with Gasteiger partial charge in [-0.1, -0.05) is 19.9 Å². The summed E-state index contributed by atoms with van der Waals surface area (Å²) < 4.78 is 0. The fraction of sp³-hybridized carbons (Fsp3) is 0.600. The molecule has 0 heterocycles. The van der Waals surface area contributed by atoms with E-state index in [2.05, 4.69) is 50.7 Å². The van der Waals surface area contributed by atoms with E-state index in [4.69, 9.17) is 0 Å². The van der Waals surface area contributed by atoms with E-state index in [-0.39, 0.29) is 0 Å². The minimum atomic E-state index is 0.390. The molecule has 0 fully saturated rings. The molecule has 2 unspecified atom stereocenters. The number of fused-ring (bicyclic) bond motifs is 1. The lowest BCUT2D eigenvalue weighted by atomic mass is 9.87. The van der Waals surface area contributed by atoms with Gasteiger partial charge >= 0.3 is 0 Å². The number of benzene rings is 1. The fourth-order valence-electron chi connectivity index (χ4n) is 2.71. The van der Waals surface area contributed by atoms with Gasteiger partial charge in [-0.25, -0.2) is 0 Å². The summed E-state index contributed by atoms with van der Waals surface area (Å²) in [5, 5.41) is 10.9. The highest BCUT2D eigenvalue weighted by atomic mass is 32.2. The van der Waals surface area contributed by atoms with E-state index in [9.17, 15) is 5.11 Å². The number of hydrogen-bond donors (Lipinski definition) is 1. The number of aromatic hydroxyl groups is 1. The Morgan fingerprint density at radius 3 is 2.56 bits per heavy atom. The van der Waals surface area contributed by atoms with Gasteiger partial charge in [-0.3, -0.25) is 0 Å². The zero-order valence-corrected chi connectivity index (χ0v) is 12.5. The van der Waals surface area contributed by atoms with Crippen molar-refractivity contribution in [1.82, 2.24) is 4.90 Å². The molecule has 0 aromatic heterocycles. The van der Waals surface area contributed by atoms with Gasteiger partial charge in [0.15, 0.2) is 0 Å². The van der Waals surface area contributed by atoms with Crippen molar-refractivity contribution < 1.29 is 5.11 Å². The molecular formula is C15H23NOS. The van der Waals surface area contributed by atoms with Crippen molar-refractivity contribution in [2.75, 3.05) is 14.1 Å². The van der Waals surface area contributed by atoms with Crippen LogP contribution < -0.4 is 0 Å². The average Bonchev–Trinajstić information content (AvgIpc) is 2.27. The van der Waals surface area contributed by atoms with Crippen LogP contribution in [0.1, 0.15) is 25.0 Å². The topological polar surface area (TPSA) is 23.5 Å². The Morgan fingerprint density at radius 2 is 1.94 bits per heavy atom. The normalized spacial score (nSPS) is 23.4. The maximum absolute atomic E-state index is 9.61. The molecule has 0 saturated heterocycles. The smallest absolute Gasteiger partial charge is 0.115 e. The molecule has 2 rings (SSSR count). The largest absolute Gasteiger partial charge is 0.508 e. The molecule has 1 N–H and O–H groups in total. The van der Waals surface area contributed by atoms with Gasteiger partial charge in [-0.05, 0) is 55.4 Å². The predicted octanol–water partition coefficient (Wildman–Crippen LogP) is 2.93. The van der Waals surface area contributed by atoms with Gasteiger partial charge in [0.2, 0.25) is 0 Å². The SMILES string of the molecule is CC(C)SC1Cc2ccc(O)cc2CC1N(C)C. The van der Waals surface area contributed by atoms with Crippen molar-refractivity contribution in [3.63, 3.8) is 0 Å². The van der Waals surface area contributed by atoms with Gasteiger partial charge < -0.3 is 10.0 Å². The van der Waals surface area contributed by atoms with E-state index in [1.165, 1.54) is 11.1 Å². The number of thioether (sulfide) groups is 1. The van der Waals surface area contributed by atoms with E-state index in [0.29, 0.717) is 22.3 Å². The van der Waals surface area contributed by atoms with Crippen LogP contribution >= 0.6 is 11.8 Å². The van der Waals surface area contributed by atoms with Gasteiger partial charge in [0.25, 0.3) is 0 Å². The van der Waals surface area contributed by atoms with Crippen molar-refractivity contribution in [2.24, 2.45) is 0 Å². The van der Waals surface area contributed by atoms with Crippen molar-refractivity contribution >= 4 is 11.8 Å². The molecule has 2 atom stereocenters. The first kappa shape index (κ1) is 13.8. The van der Waals surface area contributed by atoms with E-state index in [1.54, 1.807) is 0 Å². The second-order valence-corrected chi connectivity index (χ2v) is 7.44. The molecule has 0 spiro atoms. The number of likely N-dealkylation sites (N-methyl/N-ethyl adjacent to an activating group) is 1. The van der Waals surface area contributed by atoms with Crippen LogP contribution in [0.3, 0.4) is 0 Å². The molecule has 0 aliphatic heterocycles. The first-order valence-electron chi connectivity index (χ1n) is 6.60. The van der Waals surface area contributed by atoms with Crippen molar-refractivity contribution in [1.29, 1.82) is 0 Å². The lowest BCUT2D eigenvalue weighted by Crippen LogP contribution is -2.43. The monoisotopic (exact) mass is 265 g/mol. The van der Waals surface area contributed by atoms with Gasteiger partial charge in [-0.2, -0.15) is 11.8 Å². The Morgan fingerprint density at radius 1 is 1.22 bits per heavy atom. The summed E-state index contributed by atoms with van der Waals surface area (Å²) in [6.45, 7) is 4.54. The number of hydrogen-bond acceptors (Lipinski definition) is 3. The fourth-order valence-corrected chi connectivity index (χ4v) is 4.21. The van der Waals surface area contributed by atoms with E-state index >= 15 is 0 Å². The second-order valence-electron chi connectivity index (χ2n) is 5.62. The quantitative estimate of drug-likeness (QED) is 0.909. The molecule has 2 nitrogen and oxygen atoms in total. The summed E-state index contributed by atoms with van der Waals surface area (Å²) in [4.78, 5) is 2.33. The van der Waals surface area contributed by atoms with E-state index in [1.807, 2.05) is 12.1 Å². The molecule has 1 aliphatic rings. The van der Waals surface area contributed by atoms with E-state index in [0.717, 1.165) is 12.8 Å². The summed E-state index contributed by atoms with van der Waals surface area (Å²) in [6.07, 6.45) is 2.16. The molecule has 18 heavy (non-hydrogen) atoms. The van der Waals surface area contributed by atoms with Crippen LogP contribution in [0.5, 0.6) is 5.75 Å². The summed E-state index contributed by atoms with van der Waals surface area (Å²) in [5.74, 6) is 0.390. The van der Waals surface area contributed by atoms with Crippen LogP contribution in [0, 0.1) is 0 Å². The minimum absolute atomic E-state index is 0.390. The first-order valence-corrected chi connectivity index (χ1v) is 7.54. The average molecular weight is 265 g/mol. The Hall–Kier alpha value is -0.670. The van der Waals surface area contributed by atoms with Crippen LogP contribution in [0.15, 0.2) is 18.2 Å². The van der Waals surface area contributed by atoms with Crippen molar-refractivity contribution in [3.8, 4) is 5.75 Å². The zero-order valence-electron chi connectivity index (χ0n) is 11.7. The zero-order chi connectivity index (χ0) is 13.3. The molecule has 0 saturated carbocycles. The van der Waals surface area contributed by atoms with E-state index < -0.39 is 0 Å². The number of rotatable bonds is 3. The molecule has 1 aromatic rings. The third-order valence-corrected chi connectivity index (χ3v) is 4.95. The minimum Gasteiger partial charge on any atom is -0.508 e. The lowest BCUT2D eigenvalue weighted by Gasteiger charge is -2.37. The Labute approximate surface area is 114 Å². The number of phenolic OH excluding ortho intramolecular Hbond substituents is 1. The van der Waals surface area contributed by atoms with Crippen molar-refractivity contribution in [2.45, 2.75) is 43.2 Å². The number of phenols is 1. The maximum atomic E-state index is 9.61. The van der Waals surface area contributed by atoms with Gasteiger partial charge in [0.1, 0.15) is 5.75 Å². The molecule has 0 amide bonds. The predicted molar refractivity (Wildman–Crippen MR) is 79.5 cm³/mol. The Kier molecular flexibility index (Phi) is 4.23. The third kappa shape index (κ3) is 3.01. The number of nitrogens with zero attached hydrogens (tertiary/aromatic N) is 1. The standard InChI is InChI=1S/C15H23NOS/c1-10(2)18-15-9-11-5-6-13(17)7-12(11)8-14(15)16(3)4/h5-7,10,14-15,17H,8-9H2,1-4H3. The van der Waals surface area contributed by atoms with Crippen LogP contribution in [-0.4, -0.2) is 40.6 Å². The Bertz CT molecular complexity index is 417. The molecular weight excluding hydrogens is 242 g/mol. The summed E-state index contributed by atoms with van der Waals surface area (Å²) in [7, 11) is 4.32. The van der Waals surface area contributed by atoms with Crippen LogP contribution in [-0.2, 0) is 12.8 Å². The summed E-state index contributed by atoms with van der Waals surface area (Å²) in [6, 6.07) is 6.39. The first-order chi connectivity index (χ1) is 8.47. The van der Waals surface area contributed by atoms with Gasteiger partial charge in [-0.15, -0.1) is 0 Å². The highest BCUT2D eigenvalue weighted by Gasteiger charge is 2.30. The molecule has 3 heteroatoms. The molecule has 0 radical (unpaired) electrons. The third-order valence-electron chi connectivity index (χ3n) is 3.58. The lowest BCUT2D eigenvalue weighted by molar-refractivity contribution is 0.274. The summed E-state index contributed by atoms with van der Waals surface area (Å²) >= 11 is 2.08. The molecule has 0 bridgehead atoms. The van der Waals surface area contributed by atoms with Crippen LogP contribution in [0.2, 0.25) is 0 Å². The van der Waals surface area contributed by atoms with Crippen molar-refractivity contribution in [3.05, 3.63) is 29.3 Å². The molecule has 1 aliphatic carbocycles. The molecule has 1 aromatic carbocycles. The Balaban J connectivity index is 2.25. The summed E-state index contributed by atoms with van der Waals surface area (Å²) in [5.41, 5.74) is 2.72. The van der Waals surface area contributed by atoms with Crippen LogP contribution in [0.4, 0.5) is 0 Å². The maximum Gasteiger partial charge on any atom is 0.115 e.